The van der Waals surface area contributed by atoms with Gasteiger partial charge in [0.15, 0.2) is 0 Å². The van der Waals surface area contributed by atoms with Gasteiger partial charge in [-0.3, -0.25) is 4.68 Å². The summed E-state index contributed by atoms with van der Waals surface area (Å²) in [7, 11) is 0. The Balaban J connectivity index is 1.56. The van der Waals surface area contributed by atoms with Gasteiger partial charge in [0.25, 0.3) is 0 Å². The molecule has 0 aliphatic carbocycles. The van der Waals surface area contributed by atoms with E-state index < -0.39 is 0 Å². The number of aromatic nitrogens is 2. The molecule has 1 fully saturated rings. The van der Waals surface area contributed by atoms with E-state index in [0.717, 1.165) is 30.5 Å². The number of urea groups is 1. The van der Waals surface area contributed by atoms with Gasteiger partial charge in [-0.15, -0.1) is 0 Å². The van der Waals surface area contributed by atoms with E-state index in [-0.39, 0.29) is 18.7 Å². The zero-order chi connectivity index (χ0) is 16.1. The number of likely N-dealkylation sites (tertiary alicyclic amines) is 1. The summed E-state index contributed by atoms with van der Waals surface area (Å²) < 4.78 is 1.87. The summed E-state index contributed by atoms with van der Waals surface area (Å²) in [4.78, 5) is 13.9. The molecule has 1 aromatic heterocycles. The molecule has 0 bridgehead atoms. The molecule has 2 aromatic rings. The molecule has 2 N–H and O–H groups in total. The summed E-state index contributed by atoms with van der Waals surface area (Å²) in [5.41, 5.74) is 2.21. The van der Waals surface area contributed by atoms with Crippen molar-refractivity contribution < 1.29 is 9.90 Å². The predicted octanol–water partition coefficient (Wildman–Crippen LogP) is 1.60. The molecule has 6 heteroatoms. The Hall–Kier alpha value is -2.34. The van der Waals surface area contributed by atoms with Crippen LogP contribution in [0.15, 0.2) is 42.7 Å². The second-order valence-electron chi connectivity index (χ2n) is 5.85. The first-order chi connectivity index (χ1) is 11.3. The minimum atomic E-state index is -0.0981. The molecule has 6 nitrogen and oxygen atoms in total. The number of aliphatic hydroxyl groups excluding tert-OH is 1. The number of benzene rings is 1. The van der Waals surface area contributed by atoms with Crippen LogP contribution in [0, 0.1) is 0 Å². The summed E-state index contributed by atoms with van der Waals surface area (Å²) in [5.74, 6) is 0. The van der Waals surface area contributed by atoms with E-state index >= 15 is 0 Å². The van der Waals surface area contributed by atoms with Crippen molar-refractivity contribution in [2.24, 2.45) is 0 Å². The first kappa shape index (κ1) is 15.6. The molecule has 122 valence electrons. The van der Waals surface area contributed by atoms with Crippen molar-refractivity contribution in [3.8, 4) is 0 Å². The maximum Gasteiger partial charge on any atom is 0.317 e. The lowest BCUT2D eigenvalue weighted by molar-refractivity contribution is 0.157. The third-order valence-corrected chi connectivity index (χ3v) is 4.19. The Bertz CT molecular complexity index is 642. The normalized spacial score (nSPS) is 17.4. The molecule has 3 rings (SSSR count). The number of aliphatic hydroxyl groups is 1. The average Bonchev–Trinajstić information content (AvgIpc) is 3.24. The van der Waals surface area contributed by atoms with Crippen molar-refractivity contribution in [2.75, 3.05) is 13.2 Å². The van der Waals surface area contributed by atoms with Crippen LogP contribution < -0.4 is 5.32 Å². The summed E-state index contributed by atoms with van der Waals surface area (Å²) in [5, 5.41) is 16.4. The largest absolute Gasteiger partial charge is 0.394 e. The molecule has 1 saturated heterocycles. The topological polar surface area (TPSA) is 70.4 Å². The fraction of sp³-hybridized carbons (Fsp3) is 0.412. The molecule has 0 radical (unpaired) electrons. The van der Waals surface area contributed by atoms with Crippen molar-refractivity contribution in [1.29, 1.82) is 0 Å². The number of rotatable bonds is 5. The molecule has 1 unspecified atom stereocenters. The zero-order valence-corrected chi connectivity index (χ0v) is 13.1. The highest BCUT2D eigenvalue weighted by atomic mass is 16.3. The smallest absolute Gasteiger partial charge is 0.317 e. The molecule has 1 aliphatic rings. The minimum Gasteiger partial charge on any atom is -0.394 e. The maximum atomic E-state index is 12.2. The van der Waals surface area contributed by atoms with Gasteiger partial charge in [-0.1, -0.05) is 24.3 Å². The van der Waals surface area contributed by atoms with Crippen molar-refractivity contribution in [3.05, 3.63) is 53.9 Å². The van der Waals surface area contributed by atoms with Crippen LogP contribution in [-0.2, 0) is 13.1 Å². The fourth-order valence-corrected chi connectivity index (χ4v) is 2.99. The third-order valence-electron chi connectivity index (χ3n) is 4.19. The van der Waals surface area contributed by atoms with E-state index in [1.54, 1.807) is 11.1 Å². The van der Waals surface area contributed by atoms with Gasteiger partial charge in [0.05, 0.1) is 19.2 Å². The lowest BCUT2D eigenvalue weighted by atomic mass is 10.1. The van der Waals surface area contributed by atoms with Crippen LogP contribution in [0.1, 0.15) is 24.0 Å². The fourth-order valence-electron chi connectivity index (χ4n) is 2.99. The van der Waals surface area contributed by atoms with Crippen molar-refractivity contribution in [3.63, 3.8) is 0 Å². The van der Waals surface area contributed by atoms with Gasteiger partial charge in [-0.25, -0.2) is 4.79 Å². The number of hydrogen-bond donors (Lipinski definition) is 2. The Morgan fingerprint density at radius 2 is 2.22 bits per heavy atom. The summed E-state index contributed by atoms with van der Waals surface area (Å²) in [6, 6.07) is 9.88. The molecule has 1 aromatic carbocycles. The predicted molar refractivity (Wildman–Crippen MR) is 86.8 cm³/mol. The third kappa shape index (κ3) is 3.90. The quantitative estimate of drug-likeness (QED) is 0.880. The van der Waals surface area contributed by atoms with E-state index in [2.05, 4.69) is 22.5 Å². The lowest BCUT2D eigenvalue weighted by Gasteiger charge is -2.23. The number of carbonyl (C=O) groups is 1. The van der Waals surface area contributed by atoms with Gasteiger partial charge in [0.2, 0.25) is 0 Å². The van der Waals surface area contributed by atoms with Crippen molar-refractivity contribution in [2.45, 2.75) is 32.0 Å². The molecule has 2 heterocycles. The highest BCUT2D eigenvalue weighted by Crippen LogP contribution is 2.16. The molecule has 0 spiro atoms. The molecule has 1 aliphatic heterocycles. The van der Waals surface area contributed by atoms with Crippen molar-refractivity contribution >= 4 is 6.03 Å². The molecule has 1 atom stereocenters. The molecule has 2 amide bonds. The first-order valence-corrected chi connectivity index (χ1v) is 7.97. The summed E-state index contributed by atoms with van der Waals surface area (Å²) in [6.45, 7) is 1.96. The minimum absolute atomic E-state index is 0.0345. The second-order valence-corrected chi connectivity index (χ2v) is 5.85. The first-order valence-electron chi connectivity index (χ1n) is 7.97. The number of nitrogens with one attached hydrogen (secondary N) is 1. The number of carbonyl (C=O) groups excluding carboxylic acids is 1. The number of hydrogen-bond acceptors (Lipinski definition) is 3. The van der Waals surface area contributed by atoms with Gasteiger partial charge in [-0.05, 0) is 30.0 Å². The number of nitrogens with zero attached hydrogens (tertiary/aromatic N) is 3. The van der Waals surface area contributed by atoms with Gasteiger partial charge >= 0.3 is 6.03 Å². The van der Waals surface area contributed by atoms with E-state index in [4.69, 9.17) is 0 Å². The van der Waals surface area contributed by atoms with E-state index in [1.165, 1.54) is 0 Å². The van der Waals surface area contributed by atoms with Crippen LogP contribution in [0.5, 0.6) is 0 Å². The van der Waals surface area contributed by atoms with Crippen LogP contribution in [0.25, 0.3) is 0 Å². The van der Waals surface area contributed by atoms with Crippen molar-refractivity contribution in [1.82, 2.24) is 20.0 Å². The SMILES string of the molecule is O=C(NCc1cccc(Cn2cccn2)c1)N1CCCC1CO. The average molecular weight is 314 g/mol. The van der Waals surface area contributed by atoms with E-state index in [0.29, 0.717) is 13.1 Å². The monoisotopic (exact) mass is 314 g/mol. The molecule has 0 saturated carbocycles. The summed E-state index contributed by atoms with van der Waals surface area (Å²) in [6.07, 6.45) is 5.52. The van der Waals surface area contributed by atoms with Gasteiger partial charge in [-0.2, -0.15) is 5.10 Å². The van der Waals surface area contributed by atoms with E-state index in [1.807, 2.05) is 29.1 Å². The van der Waals surface area contributed by atoms with Gasteiger partial charge in [0.1, 0.15) is 0 Å². The Morgan fingerprint density at radius 3 is 3.00 bits per heavy atom. The van der Waals surface area contributed by atoms with Crippen LogP contribution in [0.2, 0.25) is 0 Å². The lowest BCUT2D eigenvalue weighted by Crippen LogP contribution is -2.43. The Kier molecular flexibility index (Phi) is 4.92. The van der Waals surface area contributed by atoms with Gasteiger partial charge < -0.3 is 15.3 Å². The molecule has 23 heavy (non-hydrogen) atoms. The highest BCUT2D eigenvalue weighted by Gasteiger charge is 2.27. The van der Waals surface area contributed by atoms with Crippen LogP contribution in [0.3, 0.4) is 0 Å². The van der Waals surface area contributed by atoms with E-state index in [9.17, 15) is 9.90 Å². The Morgan fingerprint density at radius 1 is 1.35 bits per heavy atom. The maximum absolute atomic E-state index is 12.2. The molecular weight excluding hydrogens is 292 g/mol. The van der Waals surface area contributed by atoms with Crippen LogP contribution in [0.4, 0.5) is 4.79 Å². The number of amides is 2. The van der Waals surface area contributed by atoms with Gasteiger partial charge in [0, 0.05) is 25.5 Å². The second kappa shape index (κ2) is 7.28. The van der Waals surface area contributed by atoms with Crippen LogP contribution in [-0.4, -0.2) is 45.0 Å². The molecular formula is C17H22N4O2. The zero-order valence-electron chi connectivity index (χ0n) is 13.1. The summed E-state index contributed by atoms with van der Waals surface area (Å²) >= 11 is 0. The standard InChI is InChI=1S/C17H22N4O2/c22-13-16-6-2-9-21(16)17(23)18-11-14-4-1-5-15(10-14)12-20-8-3-7-19-20/h1,3-5,7-8,10,16,22H,2,6,9,11-13H2,(H,18,23). The Labute approximate surface area is 135 Å². The highest BCUT2D eigenvalue weighted by molar-refractivity contribution is 5.74. The van der Waals surface area contributed by atoms with Crippen LogP contribution >= 0.6 is 0 Å².